The first-order chi connectivity index (χ1) is 8.38. The topological polar surface area (TPSA) is 40.5 Å². The van der Waals surface area contributed by atoms with Gasteiger partial charge in [-0.05, 0) is 55.3 Å². The molecule has 106 valence electrons. The second kappa shape index (κ2) is 4.79. The van der Waals surface area contributed by atoms with Gasteiger partial charge < -0.3 is 10.2 Å². The first-order valence-electron chi connectivity index (χ1n) is 7.74. The summed E-state index contributed by atoms with van der Waals surface area (Å²) in [6, 6.07) is 0. The predicted molar refractivity (Wildman–Crippen MR) is 74.3 cm³/mol. The highest BCUT2D eigenvalue weighted by Crippen LogP contribution is 2.54. The molecule has 0 amide bonds. The van der Waals surface area contributed by atoms with Crippen molar-refractivity contribution in [2.45, 2.75) is 78.4 Å². The van der Waals surface area contributed by atoms with E-state index in [1.807, 2.05) is 0 Å². The molecule has 2 heteroatoms. The number of aliphatic hydroxyl groups is 2. The zero-order chi connectivity index (χ0) is 13.6. The third-order valence-corrected chi connectivity index (χ3v) is 6.49. The maximum absolute atomic E-state index is 10.8. The SMILES string of the molecule is CC[C@@]1(C)CCC2CC[C@@](C)(CC)C(O)C2C1O. The van der Waals surface area contributed by atoms with Gasteiger partial charge in [0.1, 0.15) is 0 Å². The molecule has 0 spiro atoms. The molecule has 18 heavy (non-hydrogen) atoms. The van der Waals surface area contributed by atoms with Crippen LogP contribution in [-0.4, -0.2) is 22.4 Å². The first-order valence-corrected chi connectivity index (χ1v) is 7.74. The molecule has 6 atom stereocenters. The normalized spacial score (nSPS) is 53.0. The lowest BCUT2D eigenvalue weighted by Gasteiger charge is -2.55. The number of aliphatic hydroxyl groups excluding tert-OH is 2. The molecule has 0 heterocycles. The predicted octanol–water partition coefficient (Wildman–Crippen LogP) is 3.36. The van der Waals surface area contributed by atoms with E-state index in [-0.39, 0.29) is 29.0 Å². The Morgan fingerprint density at radius 1 is 0.889 bits per heavy atom. The molecule has 0 aromatic carbocycles. The van der Waals surface area contributed by atoms with Crippen LogP contribution in [0.2, 0.25) is 0 Å². The fourth-order valence-electron chi connectivity index (χ4n) is 4.24. The second-order valence-electron chi connectivity index (χ2n) is 7.32. The molecule has 0 radical (unpaired) electrons. The quantitative estimate of drug-likeness (QED) is 0.793. The van der Waals surface area contributed by atoms with Gasteiger partial charge in [-0.3, -0.25) is 0 Å². The molecule has 0 aromatic heterocycles. The van der Waals surface area contributed by atoms with E-state index in [0.717, 1.165) is 25.7 Å². The molecule has 2 rings (SSSR count). The Labute approximate surface area is 112 Å². The van der Waals surface area contributed by atoms with Crippen LogP contribution in [0, 0.1) is 22.7 Å². The molecule has 2 aliphatic carbocycles. The van der Waals surface area contributed by atoms with Crippen LogP contribution < -0.4 is 0 Å². The highest BCUT2D eigenvalue weighted by molar-refractivity contribution is 5.03. The van der Waals surface area contributed by atoms with Crippen molar-refractivity contribution in [3.63, 3.8) is 0 Å². The van der Waals surface area contributed by atoms with Crippen LogP contribution in [0.15, 0.2) is 0 Å². The van der Waals surface area contributed by atoms with E-state index in [4.69, 9.17) is 0 Å². The summed E-state index contributed by atoms with van der Waals surface area (Å²) in [7, 11) is 0. The van der Waals surface area contributed by atoms with E-state index in [0.29, 0.717) is 5.92 Å². The first kappa shape index (κ1) is 14.3. The van der Waals surface area contributed by atoms with E-state index in [2.05, 4.69) is 27.7 Å². The summed E-state index contributed by atoms with van der Waals surface area (Å²) in [5.74, 6) is 0.636. The minimum absolute atomic E-state index is 0.00807. The highest BCUT2D eigenvalue weighted by Gasteiger charge is 2.53. The van der Waals surface area contributed by atoms with Gasteiger partial charge in [0.15, 0.2) is 0 Å². The van der Waals surface area contributed by atoms with Crippen molar-refractivity contribution in [2.24, 2.45) is 22.7 Å². The zero-order valence-corrected chi connectivity index (χ0v) is 12.4. The summed E-state index contributed by atoms with van der Waals surface area (Å²) in [6.45, 7) is 8.71. The van der Waals surface area contributed by atoms with Crippen LogP contribution >= 0.6 is 0 Å². The van der Waals surface area contributed by atoms with Gasteiger partial charge in [0, 0.05) is 5.92 Å². The standard InChI is InChI=1S/C16H30O2/c1-5-15(3)9-7-11-8-10-16(4,6-2)14(18)12(11)13(15)17/h11-14,17-18H,5-10H2,1-4H3/t11?,12?,13?,14?,15-,16+. The summed E-state index contributed by atoms with van der Waals surface area (Å²) in [4.78, 5) is 0. The summed E-state index contributed by atoms with van der Waals surface area (Å²) in [5.41, 5.74) is 0.0161. The van der Waals surface area contributed by atoms with Gasteiger partial charge in [0.25, 0.3) is 0 Å². The Morgan fingerprint density at radius 2 is 1.28 bits per heavy atom. The molecule has 0 saturated heterocycles. The second-order valence-corrected chi connectivity index (χ2v) is 7.32. The highest BCUT2D eigenvalue weighted by atomic mass is 16.3. The average molecular weight is 254 g/mol. The minimum atomic E-state index is -0.331. The van der Waals surface area contributed by atoms with Crippen LogP contribution in [0.25, 0.3) is 0 Å². The van der Waals surface area contributed by atoms with E-state index < -0.39 is 0 Å². The Bertz CT molecular complexity index is 275. The summed E-state index contributed by atoms with van der Waals surface area (Å²) >= 11 is 0. The third-order valence-electron chi connectivity index (χ3n) is 6.49. The van der Waals surface area contributed by atoms with E-state index in [9.17, 15) is 10.2 Å². The van der Waals surface area contributed by atoms with Gasteiger partial charge in [-0.15, -0.1) is 0 Å². The van der Waals surface area contributed by atoms with Crippen molar-refractivity contribution in [3.05, 3.63) is 0 Å². The molecule has 2 aliphatic rings. The lowest BCUT2D eigenvalue weighted by molar-refractivity contribution is -0.168. The number of hydrogen-bond acceptors (Lipinski definition) is 2. The van der Waals surface area contributed by atoms with Crippen molar-refractivity contribution in [1.29, 1.82) is 0 Å². The molecular formula is C16H30O2. The van der Waals surface area contributed by atoms with Crippen molar-refractivity contribution in [1.82, 2.24) is 0 Å². The lowest BCUT2D eigenvalue weighted by Crippen LogP contribution is -2.57. The Morgan fingerprint density at radius 3 is 1.61 bits per heavy atom. The molecule has 4 unspecified atom stereocenters. The Hall–Kier alpha value is -0.0800. The number of hydrogen-bond donors (Lipinski definition) is 2. The third kappa shape index (κ3) is 2.02. The maximum Gasteiger partial charge on any atom is 0.0649 e. The van der Waals surface area contributed by atoms with Crippen LogP contribution in [0.5, 0.6) is 0 Å². The van der Waals surface area contributed by atoms with Crippen LogP contribution in [0.1, 0.15) is 66.2 Å². The molecule has 2 nitrogen and oxygen atoms in total. The fourth-order valence-corrected chi connectivity index (χ4v) is 4.24. The fraction of sp³-hybridized carbons (Fsp3) is 1.00. The Kier molecular flexibility index (Phi) is 3.81. The van der Waals surface area contributed by atoms with Gasteiger partial charge in [-0.25, -0.2) is 0 Å². The molecular weight excluding hydrogens is 224 g/mol. The Balaban J connectivity index is 2.25. The van der Waals surface area contributed by atoms with Gasteiger partial charge in [-0.1, -0.05) is 27.7 Å². The van der Waals surface area contributed by atoms with Gasteiger partial charge in [-0.2, -0.15) is 0 Å². The van der Waals surface area contributed by atoms with Crippen molar-refractivity contribution in [3.8, 4) is 0 Å². The lowest BCUT2D eigenvalue weighted by atomic mass is 9.53. The smallest absolute Gasteiger partial charge is 0.0649 e. The number of fused-ring (bicyclic) bond motifs is 1. The average Bonchev–Trinajstić information content (AvgIpc) is 2.38. The molecule has 2 N–H and O–H groups in total. The van der Waals surface area contributed by atoms with E-state index >= 15 is 0 Å². The molecule has 0 bridgehead atoms. The van der Waals surface area contributed by atoms with Crippen LogP contribution in [0.3, 0.4) is 0 Å². The summed E-state index contributed by atoms with van der Waals surface area (Å²) in [5, 5.41) is 21.5. The van der Waals surface area contributed by atoms with Crippen LogP contribution in [-0.2, 0) is 0 Å². The molecule has 0 aliphatic heterocycles. The molecule has 2 fully saturated rings. The minimum Gasteiger partial charge on any atom is -0.392 e. The number of rotatable bonds is 2. The monoisotopic (exact) mass is 254 g/mol. The van der Waals surface area contributed by atoms with Gasteiger partial charge in [0.2, 0.25) is 0 Å². The maximum atomic E-state index is 10.8. The van der Waals surface area contributed by atoms with Gasteiger partial charge >= 0.3 is 0 Å². The summed E-state index contributed by atoms with van der Waals surface area (Å²) in [6.07, 6.45) is 5.94. The summed E-state index contributed by atoms with van der Waals surface area (Å²) < 4.78 is 0. The van der Waals surface area contributed by atoms with E-state index in [1.165, 1.54) is 12.8 Å². The van der Waals surface area contributed by atoms with Crippen molar-refractivity contribution in [2.75, 3.05) is 0 Å². The van der Waals surface area contributed by atoms with Crippen molar-refractivity contribution < 1.29 is 10.2 Å². The molecule has 0 aromatic rings. The van der Waals surface area contributed by atoms with Crippen molar-refractivity contribution >= 4 is 0 Å². The van der Waals surface area contributed by atoms with Gasteiger partial charge in [0.05, 0.1) is 12.2 Å². The zero-order valence-electron chi connectivity index (χ0n) is 12.4. The van der Waals surface area contributed by atoms with Crippen LogP contribution in [0.4, 0.5) is 0 Å². The molecule has 2 saturated carbocycles. The largest absolute Gasteiger partial charge is 0.392 e. The van der Waals surface area contributed by atoms with E-state index in [1.54, 1.807) is 0 Å².